The number of nitrogens with zero attached hydrogens (tertiary/aromatic N) is 2. The van der Waals surface area contributed by atoms with E-state index in [1.54, 1.807) is 18.3 Å². The number of nitrogens with two attached hydrogens (primary N) is 1. The fraction of sp³-hybridized carbons (Fsp3) is 0.250. The van der Waals surface area contributed by atoms with Crippen LogP contribution in [0.25, 0.3) is 0 Å². The molecule has 1 heterocycles. The van der Waals surface area contributed by atoms with E-state index in [9.17, 15) is 4.39 Å². The Labute approximate surface area is 110 Å². The second kappa shape index (κ2) is 5.48. The molecule has 0 aliphatic carbocycles. The van der Waals surface area contributed by atoms with E-state index < -0.39 is 5.82 Å². The van der Waals surface area contributed by atoms with E-state index in [0.29, 0.717) is 6.42 Å². The minimum Gasteiger partial charge on any atom is -0.337 e. The van der Waals surface area contributed by atoms with E-state index in [0.717, 1.165) is 11.4 Å². The molecule has 2 aromatic rings. The summed E-state index contributed by atoms with van der Waals surface area (Å²) >= 11 is 5.75. The number of hydrazine groups is 1. The zero-order valence-corrected chi connectivity index (χ0v) is 10.7. The van der Waals surface area contributed by atoms with Crippen molar-refractivity contribution >= 4 is 11.6 Å². The maximum Gasteiger partial charge on any atom is 0.141 e. The normalized spacial score (nSPS) is 12.7. The number of benzene rings is 1. The Balaban J connectivity index is 2.20. The largest absolute Gasteiger partial charge is 0.337 e. The second-order valence-electron chi connectivity index (χ2n) is 4.07. The minimum atomic E-state index is -0.422. The molecule has 1 unspecified atom stereocenters. The molecule has 1 aromatic heterocycles. The highest BCUT2D eigenvalue weighted by atomic mass is 35.5. The topological polar surface area (TPSA) is 55.9 Å². The standard InChI is InChI=1S/C12H14ClFN4/c1-18-5-4-16-12(18)11(17-15)7-8-2-3-10(14)9(13)6-8/h2-6,11,17H,7,15H2,1H3. The van der Waals surface area contributed by atoms with Crippen LogP contribution in [0, 0.1) is 5.82 Å². The zero-order valence-electron chi connectivity index (χ0n) is 9.90. The molecule has 96 valence electrons. The Hall–Kier alpha value is -1.43. The average Bonchev–Trinajstić information content (AvgIpc) is 2.77. The van der Waals surface area contributed by atoms with Crippen LogP contribution in [0.1, 0.15) is 17.4 Å². The van der Waals surface area contributed by atoms with Gasteiger partial charge in [0.1, 0.15) is 11.6 Å². The van der Waals surface area contributed by atoms with Gasteiger partial charge in [-0.15, -0.1) is 0 Å². The van der Waals surface area contributed by atoms with E-state index in [1.165, 1.54) is 6.07 Å². The molecule has 1 aromatic carbocycles. The van der Waals surface area contributed by atoms with Gasteiger partial charge in [0.2, 0.25) is 0 Å². The quantitative estimate of drug-likeness (QED) is 0.658. The summed E-state index contributed by atoms with van der Waals surface area (Å²) in [5.74, 6) is 5.93. The van der Waals surface area contributed by atoms with Gasteiger partial charge < -0.3 is 4.57 Å². The molecule has 0 aliphatic rings. The van der Waals surface area contributed by atoms with Gasteiger partial charge in [-0.1, -0.05) is 17.7 Å². The molecule has 0 saturated carbocycles. The lowest BCUT2D eigenvalue weighted by Crippen LogP contribution is -2.31. The number of aromatic nitrogens is 2. The molecule has 0 amide bonds. The highest BCUT2D eigenvalue weighted by Crippen LogP contribution is 2.20. The van der Waals surface area contributed by atoms with Crippen LogP contribution in [0.3, 0.4) is 0 Å². The molecule has 18 heavy (non-hydrogen) atoms. The van der Waals surface area contributed by atoms with Gasteiger partial charge in [-0.25, -0.2) is 14.8 Å². The first-order valence-electron chi connectivity index (χ1n) is 5.49. The molecular weight excluding hydrogens is 255 g/mol. The number of hydrogen-bond donors (Lipinski definition) is 2. The lowest BCUT2D eigenvalue weighted by molar-refractivity contribution is 0.507. The van der Waals surface area contributed by atoms with Crippen LogP contribution in [-0.2, 0) is 13.5 Å². The Kier molecular flexibility index (Phi) is 3.96. The predicted molar refractivity (Wildman–Crippen MR) is 68.4 cm³/mol. The summed E-state index contributed by atoms with van der Waals surface area (Å²) in [5, 5.41) is 0.114. The van der Waals surface area contributed by atoms with E-state index >= 15 is 0 Å². The number of hydrogen-bond acceptors (Lipinski definition) is 3. The number of imidazole rings is 1. The van der Waals surface area contributed by atoms with Gasteiger partial charge in [0.25, 0.3) is 0 Å². The highest BCUT2D eigenvalue weighted by Gasteiger charge is 2.15. The van der Waals surface area contributed by atoms with E-state index in [4.69, 9.17) is 17.4 Å². The summed E-state index contributed by atoms with van der Waals surface area (Å²) in [6.07, 6.45) is 4.13. The van der Waals surface area contributed by atoms with Crippen molar-refractivity contribution in [1.29, 1.82) is 0 Å². The van der Waals surface area contributed by atoms with Crippen LogP contribution in [0.15, 0.2) is 30.6 Å². The lowest BCUT2D eigenvalue weighted by Gasteiger charge is -2.16. The van der Waals surface area contributed by atoms with Crippen LogP contribution in [0.4, 0.5) is 4.39 Å². The monoisotopic (exact) mass is 268 g/mol. The van der Waals surface area contributed by atoms with Crippen molar-refractivity contribution in [3.8, 4) is 0 Å². The molecule has 0 spiro atoms. The van der Waals surface area contributed by atoms with Crippen molar-refractivity contribution in [2.45, 2.75) is 12.5 Å². The van der Waals surface area contributed by atoms with Gasteiger partial charge in [0.15, 0.2) is 0 Å². The Bertz CT molecular complexity index is 541. The minimum absolute atomic E-state index is 0.114. The molecule has 0 fully saturated rings. The van der Waals surface area contributed by atoms with Gasteiger partial charge >= 0.3 is 0 Å². The number of halogens is 2. The van der Waals surface area contributed by atoms with Crippen LogP contribution in [0.2, 0.25) is 5.02 Å². The third-order valence-electron chi connectivity index (χ3n) is 2.80. The summed E-state index contributed by atoms with van der Waals surface area (Å²) in [6.45, 7) is 0. The summed E-state index contributed by atoms with van der Waals surface area (Å²) in [6, 6.07) is 4.49. The van der Waals surface area contributed by atoms with Gasteiger partial charge in [-0.05, 0) is 24.1 Å². The van der Waals surface area contributed by atoms with Crippen LogP contribution in [0.5, 0.6) is 0 Å². The molecule has 2 rings (SSSR count). The maximum atomic E-state index is 13.1. The van der Waals surface area contributed by atoms with E-state index in [-0.39, 0.29) is 11.1 Å². The van der Waals surface area contributed by atoms with Crippen molar-refractivity contribution in [2.75, 3.05) is 0 Å². The fourth-order valence-corrected chi connectivity index (χ4v) is 2.04. The number of aryl methyl sites for hydroxylation is 1. The molecule has 1 atom stereocenters. The lowest BCUT2D eigenvalue weighted by atomic mass is 10.1. The van der Waals surface area contributed by atoms with Gasteiger partial charge in [0, 0.05) is 19.4 Å². The number of nitrogens with one attached hydrogen (secondary N) is 1. The Morgan fingerprint density at radius 3 is 2.89 bits per heavy atom. The van der Waals surface area contributed by atoms with Crippen LogP contribution in [-0.4, -0.2) is 9.55 Å². The summed E-state index contributed by atoms with van der Waals surface area (Å²) in [7, 11) is 1.89. The van der Waals surface area contributed by atoms with E-state index in [2.05, 4.69) is 10.4 Å². The number of rotatable bonds is 4. The van der Waals surface area contributed by atoms with Gasteiger partial charge in [-0.3, -0.25) is 5.84 Å². The van der Waals surface area contributed by atoms with Crippen molar-refractivity contribution in [3.63, 3.8) is 0 Å². The molecule has 4 nitrogen and oxygen atoms in total. The molecule has 0 radical (unpaired) electrons. The first-order chi connectivity index (χ1) is 8.61. The van der Waals surface area contributed by atoms with Crippen molar-refractivity contribution in [1.82, 2.24) is 15.0 Å². The van der Waals surface area contributed by atoms with Crippen LogP contribution >= 0.6 is 11.6 Å². The molecule has 6 heteroatoms. The highest BCUT2D eigenvalue weighted by molar-refractivity contribution is 6.30. The maximum absolute atomic E-state index is 13.1. The SMILES string of the molecule is Cn1ccnc1C(Cc1ccc(F)c(Cl)c1)NN. The molecule has 0 bridgehead atoms. The van der Waals surface area contributed by atoms with Gasteiger partial charge in [-0.2, -0.15) is 0 Å². The average molecular weight is 269 g/mol. The van der Waals surface area contributed by atoms with Crippen LogP contribution < -0.4 is 11.3 Å². The first kappa shape index (κ1) is 13.0. The van der Waals surface area contributed by atoms with Crippen molar-refractivity contribution in [2.24, 2.45) is 12.9 Å². The predicted octanol–water partition coefficient (Wildman–Crippen LogP) is 1.96. The smallest absolute Gasteiger partial charge is 0.141 e. The summed E-state index contributed by atoms with van der Waals surface area (Å²) in [4.78, 5) is 4.24. The zero-order chi connectivity index (χ0) is 13.1. The molecular formula is C12H14ClFN4. The molecule has 0 saturated heterocycles. The molecule has 3 N–H and O–H groups in total. The third-order valence-corrected chi connectivity index (χ3v) is 3.08. The summed E-state index contributed by atoms with van der Waals surface area (Å²) < 4.78 is 15.0. The Morgan fingerprint density at radius 2 is 2.33 bits per heavy atom. The molecule has 0 aliphatic heterocycles. The third kappa shape index (κ3) is 2.69. The fourth-order valence-electron chi connectivity index (χ4n) is 1.84. The van der Waals surface area contributed by atoms with E-state index in [1.807, 2.05) is 17.8 Å². The van der Waals surface area contributed by atoms with Gasteiger partial charge in [0.05, 0.1) is 11.1 Å². The van der Waals surface area contributed by atoms with Crippen molar-refractivity contribution in [3.05, 3.63) is 52.8 Å². The van der Waals surface area contributed by atoms with Crippen molar-refractivity contribution < 1.29 is 4.39 Å². The first-order valence-corrected chi connectivity index (χ1v) is 5.87. The Morgan fingerprint density at radius 1 is 1.56 bits per heavy atom. The summed E-state index contributed by atoms with van der Waals surface area (Å²) in [5.41, 5.74) is 3.60. The second-order valence-corrected chi connectivity index (χ2v) is 4.48.